The van der Waals surface area contributed by atoms with Crippen LogP contribution in [0.25, 0.3) is 0 Å². The van der Waals surface area contributed by atoms with E-state index in [0.717, 1.165) is 0 Å². The van der Waals surface area contributed by atoms with Crippen LogP contribution < -0.4 is 14.7 Å². The van der Waals surface area contributed by atoms with Gasteiger partial charge in [-0.15, -0.1) is 0 Å². The second-order valence-electron chi connectivity index (χ2n) is 0.645. The first-order chi connectivity index (χ1) is 2.56. The maximum atomic E-state index is 9.10. The van der Waals surface area contributed by atoms with Crippen molar-refractivity contribution in [1.82, 2.24) is 0 Å². The first-order valence-corrected chi connectivity index (χ1v) is 2.65. The summed E-state index contributed by atoms with van der Waals surface area (Å²) >= 11 is 0. The second-order valence-corrected chi connectivity index (χ2v) is 1.94. The smallest absolute Gasteiger partial charge is 0.682 e. The van der Waals surface area contributed by atoms with Crippen LogP contribution in [-0.4, -0.2) is 6.03 Å². The van der Waals surface area contributed by atoms with Crippen LogP contribution in [0.1, 0.15) is 0 Å². The van der Waals surface area contributed by atoms with Gasteiger partial charge in [0.25, 0.3) is 0 Å². The van der Waals surface area contributed by atoms with Crippen LogP contribution in [0.3, 0.4) is 0 Å². The Kier molecular flexibility index (Phi) is 5.41. The zero-order chi connectivity index (χ0) is 5.21. The average Bonchev–Trinajstić information content (AvgIpc) is 1.35. The molecule has 0 saturated carbocycles. The minimum absolute atomic E-state index is 0. The van der Waals surface area contributed by atoms with E-state index >= 15 is 0 Å². The molecule has 0 unspecified atom stereocenters. The quantitative estimate of drug-likeness (QED) is 0.263. The van der Waals surface area contributed by atoms with E-state index in [0.29, 0.717) is 0 Å². The van der Waals surface area contributed by atoms with E-state index in [1.807, 2.05) is 0 Å². The van der Waals surface area contributed by atoms with Crippen LogP contribution >= 0.6 is 7.94 Å². The van der Waals surface area contributed by atoms with Gasteiger partial charge >= 0.3 is 19.5 Å². The van der Waals surface area contributed by atoms with E-state index in [2.05, 4.69) is 0 Å². The minimum atomic E-state index is -4.83. The molecule has 7 heavy (non-hydrogen) atoms. The largest absolute Gasteiger partial charge is 3.00 e. The van der Waals surface area contributed by atoms with Crippen molar-refractivity contribution in [2.24, 2.45) is 0 Å². The van der Waals surface area contributed by atoms with Crippen molar-refractivity contribution < 1.29 is 39.0 Å². The summed E-state index contributed by atoms with van der Waals surface area (Å²) in [5.74, 6) is 0. The summed E-state index contributed by atoms with van der Waals surface area (Å²) in [6, 6.07) is -0.618. The predicted octanol–water partition coefficient (Wildman–Crippen LogP) is -2.98. The molecule has 0 N–H and O–H groups in total. The molecule has 0 atom stereocenters. The summed E-state index contributed by atoms with van der Waals surface area (Å²) in [7, 11) is -4.83. The van der Waals surface area contributed by atoms with Gasteiger partial charge in [0.1, 0.15) is 0 Å². The van der Waals surface area contributed by atoms with Gasteiger partial charge in [0.2, 0.25) is 6.03 Å². The van der Waals surface area contributed by atoms with Gasteiger partial charge in [0, 0.05) is 0 Å². The molecule has 0 aromatic rings. The fourth-order valence-corrected chi connectivity index (χ4v) is 0. The second kappa shape index (κ2) is 3.59. The van der Waals surface area contributed by atoms with Gasteiger partial charge in [-0.1, -0.05) is 7.94 Å². The minimum Gasteiger partial charge on any atom is -0.682 e. The van der Waals surface area contributed by atoms with Gasteiger partial charge in [-0.3, -0.25) is 4.79 Å². The Morgan fingerprint density at radius 1 is 1.29 bits per heavy atom. The maximum Gasteiger partial charge on any atom is 3.00 e. The van der Waals surface area contributed by atoms with Crippen molar-refractivity contribution in [2.45, 2.75) is 0 Å². The van der Waals surface area contributed by atoms with Crippen molar-refractivity contribution in [3.63, 3.8) is 0 Å². The Labute approximate surface area is 53.5 Å². The van der Waals surface area contributed by atoms with Gasteiger partial charge in [0.15, 0.2) is 0 Å². The van der Waals surface area contributed by atoms with Gasteiger partial charge in [-0.05, 0) is 0 Å². The van der Waals surface area contributed by atoms with Crippen molar-refractivity contribution in [3.05, 3.63) is 0 Å². The fourth-order valence-electron chi connectivity index (χ4n) is 0. The number of rotatable bonds is 1. The predicted molar refractivity (Wildman–Crippen MR) is 13.7 cm³/mol. The Hall–Kier alpha value is 0.603. The summed E-state index contributed by atoms with van der Waals surface area (Å²) < 4.78 is 0. The zero-order valence-corrected chi connectivity index (χ0v) is 5.52. The van der Waals surface area contributed by atoms with E-state index in [9.17, 15) is 0 Å². The first-order valence-electron chi connectivity index (χ1n) is 1.04. The number of hydrogen-bond donors (Lipinski definition) is 0. The maximum absolute atomic E-state index is 9.10. The van der Waals surface area contributed by atoms with Crippen LogP contribution in [0.4, 0.5) is 0 Å². The van der Waals surface area contributed by atoms with Gasteiger partial charge in [-0.2, -0.15) is 0 Å². The van der Waals surface area contributed by atoms with E-state index in [1.165, 1.54) is 0 Å². The molecular weight excluding hydrogens is 210 g/mol. The molecule has 0 aromatic carbocycles. The molecule has 4 nitrogen and oxygen atoms in total. The Morgan fingerprint density at radius 3 is 1.43 bits per heavy atom. The molecule has 0 rings (SSSR count). The Morgan fingerprint density at radius 2 is 1.43 bits per heavy atom. The van der Waals surface area contributed by atoms with Crippen LogP contribution in [0.15, 0.2) is 0 Å². The van der Waals surface area contributed by atoms with Crippen LogP contribution in [0, 0.1) is 0 Å². The van der Waals surface area contributed by atoms with Gasteiger partial charge < -0.3 is 14.7 Å². The summed E-state index contributed by atoms with van der Waals surface area (Å²) in [5.41, 5.74) is 0. The molecule has 0 bridgehead atoms. The number of carbonyl (C=O) groups is 1. The third-order valence-corrected chi connectivity index (χ3v) is 0.387. The Balaban J connectivity index is 0. The number of hydrogen-bond acceptors (Lipinski definition) is 4. The summed E-state index contributed by atoms with van der Waals surface area (Å²) in [5, 5.41) is 0. The van der Waals surface area contributed by atoms with Crippen molar-refractivity contribution in [1.29, 1.82) is 0 Å². The van der Waals surface area contributed by atoms with Crippen LogP contribution in [0.5, 0.6) is 0 Å². The number of carbonyl (C=O) groups excluding carboxylic acids is 1. The molecule has 0 aromatic heterocycles. The molecule has 0 heterocycles. The van der Waals surface area contributed by atoms with Gasteiger partial charge in [-0.25, -0.2) is 0 Å². The molecule has 6 heteroatoms. The summed E-state index contributed by atoms with van der Waals surface area (Å²) in [6.45, 7) is 0. The van der Waals surface area contributed by atoms with E-state index in [4.69, 9.17) is 19.5 Å². The molecule has 0 aliphatic heterocycles. The van der Waals surface area contributed by atoms with Gasteiger partial charge in [0.05, 0.1) is 0 Å². The topological polar surface area (TPSA) is 86.2 Å². The van der Waals surface area contributed by atoms with Crippen molar-refractivity contribution in [2.75, 3.05) is 0 Å². The van der Waals surface area contributed by atoms with Crippen molar-refractivity contribution >= 4 is 14.0 Å². The molecule has 0 saturated heterocycles. The van der Waals surface area contributed by atoms with Crippen LogP contribution in [0.2, 0.25) is 0 Å². The summed E-state index contributed by atoms with van der Waals surface area (Å²) in [4.78, 5) is 36.3. The molecule has 42 valence electrons. The van der Waals surface area contributed by atoms with E-state index in [-0.39, 0.29) is 19.5 Å². The average molecular weight is 211 g/mol. The molecule has 0 fully saturated rings. The third kappa shape index (κ3) is 10.8. The first kappa shape index (κ1) is 10.6. The Bertz CT molecular complexity index is 57.2. The third-order valence-electron chi connectivity index (χ3n) is 0.129. The normalized spacial score (nSPS) is 9.57. The SMILES string of the molecule is O=C[P+]([O-])([O-])[O-].[Rh+3]. The summed E-state index contributed by atoms with van der Waals surface area (Å²) in [6.07, 6.45) is 0. The molecule has 0 aliphatic carbocycles. The monoisotopic (exact) mass is 211 g/mol. The van der Waals surface area contributed by atoms with E-state index < -0.39 is 14.0 Å². The molecule has 0 aliphatic rings. The fraction of sp³-hybridized carbons (Fsp3) is 0. The molecule has 0 radical (unpaired) electrons. The van der Waals surface area contributed by atoms with E-state index in [1.54, 1.807) is 0 Å². The molecule has 0 spiro atoms. The van der Waals surface area contributed by atoms with Crippen LogP contribution in [-0.2, 0) is 24.3 Å². The molecular formula is CHO4PRh+. The zero-order valence-electron chi connectivity index (χ0n) is 2.99. The molecule has 0 amide bonds. The standard InChI is InChI=1S/CH3O4P.Rh/c2-1-6(3,4)5;/h1H,(H2,3,4,5);/q;+3/p-2. The van der Waals surface area contributed by atoms with Crippen molar-refractivity contribution in [3.8, 4) is 0 Å².